The molecule has 0 atom stereocenters. The number of carbonyl (C=O) groups is 1. The van der Waals surface area contributed by atoms with Crippen molar-refractivity contribution in [1.29, 1.82) is 0 Å². The third-order valence-electron chi connectivity index (χ3n) is 3.48. The van der Waals surface area contributed by atoms with Crippen LogP contribution in [0.4, 0.5) is 5.69 Å². The van der Waals surface area contributed by atoms with Gasteiger partial charge < -0.3 is 10.6 Å². The predicted octanol–water partition coefficient (Wildman–Crippen LogP) is 3.84. The Kier molecular flexibility index (Phi) is 4.23. The zero-order valence-corrected chi connectivity index (χ0v) is 12.4. The van der Waals surface area contributed by atoms with Crippen LogP contribution in [0, 0.1) is 0 Å². The van der Waals surface area contributed by atoms with Crippen molar-refractivity contribution in [1.82, 2.24) is 5.32 Å². The molecule has 1 fully saturated rings. The van der Waals surface area contributed by atoms with Gasteiger partial charge in [0.15, 0.2) is 0 Å². The largest absolute Gasteiger partial charge is 0.322 e. The van der Waals surface area contributed by atoms with Crippen LogP contribution in [-0.2, 0) is 6.54 Å². The molecule has 0 saturated heterocycles. The molecule has 2 aromatic rings. The lowest BCUT2D eigenvalue weighted by atomic mass is 10.1. The number of benzene rings is 2. The van der Waals surface area contributed by atoms with Gasteiger partial charge in [-0.2, -0.15) is 0 Å². The molecule has 4 heteroatoms. The Balaban J connectivity index is 1.67. The summed E-state index contributed by atoms with van der Waals surface area (Å²) in [7, 11) is 0. The summed E-state index contributed by atoms with van der Waals surface area (Å²) in [6, 6.07) is 15.6. The molecule has 0 bridgehead atoms. The second-order valence-electron chi connectivity index (χ2n) is 5.29. The SMILES string of the molecule is O=C(Nc1cccc(CNC2CC2)c1)c1ccccc1Cl. The number of hydrogen-bond donors (Lipinski definition) is 2. The van der Waals surface area contributed by atoms with E-state index in [4.69, 9.17) is 11.6 Å². The highest BCUT2D eigenvalue weighted by molar-refractivity contribution is 6.34. The Morgan fingerprint density at radius 1 is 1.14 bits per heavy atom. The smallest absolute Gasteiger partial charge is 0.257 e. The van der Waals surface area contributed by atoms with Crippen molar-refractivity contribution in [3.05, 3.63) is 64.7 Å². The summed E-state index contributed by atoms with van der Waals surface area (Å²) in [5.74, 6) is -0.187. The standard InChI is InChI=1S/C17H17ClN2O/c18-16-7-2-1-6-15(16)17(21)20-14-5-3-4-12(10-14)11-19-13-8-9-13/h1-7,10,13,19H,8-9,11H2,(H,20,21). The second-order valence-corrected chi connectivity index (χ2v) is 5.70. The van der Waals surface area contributed by atoms with Crippen molar-refractivity contribution in [2.75, 3.05) is 5.32 Å². The van der Waals surface area contributed by atoms with Crippen LogP contribution in [-0.4, -0.2) is 11.9 Å². The average molecular weight is 301 g/mol. The van der Waals surface area contributed by atoms with E-state index in [1.807, 2.05) is 24.3 Å². The van der Waals surface area contributed by atoms with Crippen molar-refractivity contribution >= 4 is 23.2 Å². The third-order valence-corrected chi connectivity index (χ3v) is 3.81. The summed E-state index contributed by atoms with van der Waals surface area (Å²) >= 11 is 6.04. The molecule has 1 aliphatic rings. The zero-order valence-electron chi connectivity index (χ0n) is 11.6. The molecule has 0 aliphatic heterocycles. The van der Waals surface area contributed by atoms with Gasteiger partial charge in [-0.15, -0.1) is 0 Å². The molecular weight excluding hydrogens is 284 g/mol. The first-order chi connectivity index (χ1) is 10.2. The number of anilines is 1. The van der Waals surface area contributed by atoms with Gasteiger partial charge >= 0.3 is 0 Å². The predicted molar refractivity (Wildman–Crippen MR) is 85.7 cm³/mol. The van der Waals surface area contributed by atoms with Gasteiger partial charge in [0.25, 0.3) is 5.91 Å². The Bertz CT molecular complexity index is 653. The molecule has 1 amide bonds. The molecular formula is C17H17ClN2O. The summed E-state index contributed by atoms with van der Waals surface area (Å²) in [5.41, 5.74) is 2.44. The molecule has 0 radical (unpaired) electrons. The van der Waals surface area contributed by atoms with Crippen LogP contribution in [0.1, 0.15) is 28.8 Å². The van der Waals surface area contributed by atoms with Gasteiger partial charge in [-0.25, -0.2) is 0 Å². The summed E-state index contributed by atoms with van der Waals surface area (Å²) in [5, 5.41) is 6.81. The van der Waals surface area contributed by atoms with Crippen molar-refractivity contribution in [3.63, 3.8) is 0 Å². The Morgan fingerprint density at radius 3 is 2.71 bits per heavy atom. The Morgan fingerprint density at radius 2 is 1.95 bits per heavy atom. The summed E-state index contributed by atoms with van der Waals surface area (Å²) in [6.45, 7) is 0.834. The summed E-state index contributed by atoms with van der Waals surface area (Å²) < 4.78 is 0. The number of nitrogens with one attached hydrogen (secondary N) is 2. The van der Waals surface area contributed by atoms with Gasteiger partial charge in [-0.05, 0) is 42.7 Å². The summed E-state index contributed by atoms with van der Waals surface area (Å²) in [6.07, 6.45) is 2.53. The van der Waals surface area contributed by atoms with Gasteiger partial charge in [0.1, 0.15) is 0 Å². The maximum absolute atomic E-state index is 12.2. The number of halogens is 1. The first kappa shape index (κ1) is 14.1. The molecule has 3 nitrogen and oxygen atoms in total. The van der Waals surface area contributed by atoms with Crippen LogP contribution in [0.3, 0.4) is 0 Å². The van der Waals surface area contributed by atoms with E-state index in [0.29, 0.717) is 16.6 Å². The maximum Gasteiger partial charge on any atom is 0.257 e. The highest BCUT2D eigenvalue weighted by Crippen LogP contribution is 2.20. The molecule has 1 aliphatic carbocycles. The van der Waals surface area contributed by atoms with E-state index in [2.05, 4.69) is 16.7 Å². The Hall–Kier alpha value is -1.84. The van der Waals surface area contributed by atoms with Crippen LogP contribution in [0.15, 0.2) is 48.5 Å². The lowest BCUT2D eigenvalue weighted by molar-refractivity contribution is 0.102. The van der Waals surface area contributed by atoms with Crippen molar-refractivity contribution in [2.24, 2.45) is 0 Å². The maximum atomic E-state index is 12.2. The number of hydrogen-bond acceptors (Lipinski definition) is 2. The van der Waals surface area contributed by atoms with Crippen LogP contribution in [0.25, 0.3) is 0 Å². The minimum absolute atomic E-state index is 0.187. The molecule has 2 N–H and O–H groups in total. The van der Waals surface area contributed by atoms with Crippen LogP contribution in [0.2, 0.25) is 5.02 Å². The molecule has 0 spiro atoms. The van der Waals surface area contributed by atoms with Gasteiger partial charge in [0.05, 0.1) is 10.6 Å². The van der Waals surface area contributed by atoms with Crippen molar-refractivity contribution in [3.8, 4) is 0 Å². The highest BCUT2D eigenvalue weighted by Gasteiger charge is 2.19. The molecule has 1 saturated carbocycles. The van der Waals surface area contributed by atoms with Crippen molar-refractivity contribution in [2.45, 2.75) is 25.4 Å². The minimum atomic E-state index is -0.187. The lowest BCUT2D eigenvalue weighted by Crippen LogP contribution is -2.16. The molecule has 3 rings (SSSR count). The van der Waals surface area contributed by atoms with E-state index in [1.165, 1.54) is 18.4 Å². The van der Waals surface area contributed by atoms with E-state index in [1.54, 1.807) is 18.2 Å². The second kappa shape index (κ2) is 6.29. The highest BCUT2D eigenvalue weighted by atomic mass is 35.5. The topological polar surface area (TPSA) is 41.1 Å². The van der Waals surface area contributed by atoms with Gasteiger partial charge in [0, 0.05) is 18.3 Å². The van der Waals surface area contributed by atoms with E-state index in [9.17, 15) is 4.79 Å². The van der Waals surface area contributed by atoms with Gasteiger partial charge in [0.2, 0.25) is 0 Å². The van der Waals surface area contributed by atoms with Crippen LogP contribution in [0.5, 0.6) is 0 Å². The van der Waals surface area contributed by atoms with Gasteiger partial charge in [-0.1, -0.05) is 35.9 Å². The number of carbonyl (C=O) groups excluding carboxylic acids is 1. The number of amides is 1. The first-order valence-corrected chi connectivity index (χ1v) is 7.48. The van der Waals surface area contributed by atoms with Gasteiger partial charge in [-0.3, -0.25) is 4.79 Å². The first-order valence-electron chi connectivity index (χ1n) is 7.10. The molecule has 21 heavy (non-hydrogen) atoms. The van der Waals surface area contributed by atoms with E-state index < -0.39 is 0 Å². The van der Waals surface area contributed by atoms with Crippen LogP contribution >= 0.6 is 11.6 Å². The fraction of sp³-hybridized carbons (Fsp3) is 0.235. The molecule has 0 aromatic heterocycles. The molecule has 0 unspecified atom stereocenters. The Labute approximate surface area is 129 Å². The lowest BCUT2D eigenvalue weighted by Gasteiger charge is -2.09. The fourth-order valence-corrected chi connectivity index (χ4v) is 2.37. The van der Waals surface area contributed by atoms with E-state index in [-0.39, 0.29) is 5.91 Å². The number of rotatable bonds is 5. The molecule has 0 heterocycles. The van der Waals surface area contributed by atoms with E-state index >= 15 is 0 Å². The molecule has 2 aromatic carbocycles. The zero-order chi connectivity index (χ0) is 14.7. The summed E-state index contributed by atoms with van der Waals surface area (Å²) in [4.78, 5) is 12.2. The molecule has 108 valence electrons. The normalized spacial score (nSPS) is 14.0. The average Bonchev–Trinajstić information content (AvgIpc) is 3.30. The third kappa shape index (κ3) is 3.84. The fourth-order valence-electron chi connectivity index (χ4n) is 2.15. The quantitative estimate of drug-likeness (QED) is 0.881. The van der Waals surface area contributed by atoms with Crippen LogP contribution < -0.4 is 10.6 Å². The van der Waals surface area contributed by atoms with Crippen molar-refractivity contribution < 1.29 is 4.79 Å². The minimum Gasteiger partial charge on any atom is -0.322 e. The monoisotopic (exact) mass is 300 g/mol. The van der Waals surface area contributed by atoms with E-state index in [0.717, 1.165) is 12.2 Å².